The van der Waals surface area contributed by atoms with E-state index in [1.807, 2.05) is 0 Å². The summed E-state index contributed by atoms with van der Waals surface area (Å²) in [7, 11) is 0. The average molecular weight is 212 g/mol. The first kappa shape index (κ1) is 9.72. The molecule has 0 atom stereocenters. The molecule has 0 N–H and O–H groups in total. The molecule has 0 aromatic carbocycles. The van der Waals surface area contributed by atoms with Gasteiger partial charge in [-0.2, -0.15) is 0 Å². The van der Waals surface area contributed by atoms with Crippen molar-refractivity contribution in [2.45, 2.75) is 30.3 Å². The van der Waals surface area contributed by atoms with E-state index in [1.54, 1.807) is 5.57 Å². The third-order valence-electron chi connectivity index (χ3n) is 2.64. The van der Waals surface area contributed by atoms with Gasteiger partial charge in [0, 0.05) is 0 Å². The Morgan fingerprint density at radius 1 is 1.31 bits per heavy atom. The van der Waals surface area contributed by atoms with Crippen molar-refractivity contribution in [1.82, 2.24) is 0 Å². The van der Waals surface area contributed by atoms with Gasteiger partial charge < -0.3 is 0 Å². The first-order valence-electron chi connectivity index (χ1n) is 4.95. The predicted octanol–water partition coefficient (Wildman–Crippen LogP) is 3.85. The van der Waals surface area contributed by atoms with Crippen LogP contribution in [0.5, 0.6) is 0 Å². The Bertz CT molecular complexity index is 234. The van der Waals surface area contributed by atoms with Crippen molar-refractivity contribution in [3.63, 3.8) is 0 Å². The molecule has 13 heavy (non-hydrogen) atoms. The summed E-state index contributed by atoms with van der Waals surface area (Å²) in [5, 5.41) is 0. The second-order valence-corrected chi connectivity index (χ2v) is 6.94. The maximum atomic E-state index is 2.40. The quantitative estimate of drug-likeness (QED) is 0.647. The van der Waals surface area contributed by atoms with E-state index in [9.17, 15) is 0 Å². The lowest BCUT2D eigenvalue weighted by molar-refractivity contribution is 0.865. The zero-order chi connectivity index (χ0) is 9.15. The molecule has 2 heteroatoms. The van der Waals surface area contributed by atoms with Gasteiger partial charge in [0.1, 0.15) is 0 Å². The minimum atomic E-state index is 0.392. The van der Waals surface area contributed by atoms with Crippen LogP contribution >= 0.6 is 23.5 Å². The van der Waals surface area contributed by atoms with Gasteiger partial charge in [0.2, 0.25) is 0 Å². The van der Waals surface area contributed by atoms with Crippen LogP contribution in [0.25, 0.3) is 0 Å². The minimum absolute atomic E-state index is 0.392. The van der Waals surface area contributed by atoms with Crippen molar-refractivity contribution in [1.29, 1.82) is 0 Å². The molecule has 1 saturated heterocycles. The van der Waals surface area contributed by atoms with Crippen molar-refractivity contribution in [3.05, 3.63) is 23.8 Å². The zero-order valence-corrected chi connectivity index (χ0v) is 9.72. The Kier molecular flexibility index (Phi) is 3.10. The van der Waals surface area contributed by atoms with E-state index in [1.165, 1.54) is 30.8 Å². The van der Waals surface area contributed by atoms with Gasteiger partial charge in [-0.15, -0.1) is 23.5 Å². The van der Waals surface area contributed by atoms with Gasteiger partial charge in [-0.1, -0.05) is 18.2 Å². The topological polar surface area (TPSA) is 0 Å². The van der Waals surface area contributed by atoms with E-state index in [2.05, 4.69) is 48.7 Å². The minimum Gasteiger partial charge on any atom is -0.140 e. The van der Waals surface area contributed by atoms with E-state index in [4.69, 9.17) is 0 Å². The summed E-state index contributed by atoms with van der Waals surface area (Å²) in [5.74, 6) is 2.68. The van der Waals surface area contributed by atoms with Gasteiger partial charge in [-0.3, -0.25) is 0 Å². The first-order chi connectivity index (χ1) is 6.31. The number of rotatable bonds is 1. The molecule has 2 rings (SSSR count). The van der Waals surface area contributed by atoms with Crippen LogP contribution in [0.4, 0.5) is 0 Å². The molecular formula is C11H16S2. The standard InChI is InChI=1S/C11H16S2/c1-11(12-8-5-9-13-11)10-6-3-2-4-7-10/h2-3,6H,4-5,7-9H2,1H3. The van der Waals surface area contributed by atoms with E-state index >= 15 is 0 Å². The van der Waals surface area contributed by atoms with Gasteiger partial charge in [0.25, 0.3) is 0 Å². The number of hydrogen-bond donors (Lipinski definition) is 0. The van der Waals surface area contributed by atoms with Crippen molar-refractivity contribution >= 4 is 23.5 Å². The normalized spacial score (nSPS) is 27.0. The lowest BCUT2D eigenvalue weighted by atomic mass is 10.0. The predicted molar refractivity (Wildman–Crippen MR) is 64.4 cm³/mol. The zero-order valence-electron chi connectivity index (χ0n) is 8.08. The molecule has 0 unspecified atom stereocenters. The SMILES string of the molecule is CC1(C2=CC=CCC2)SCCCS1. The summed E-state index contributed by atoms with van der Waals surface area (Å²) >= 11 is 4.27. The van der Waals surface area contributed by atoms with Gasteiger partial charge >= 0.3 is 0 Å². The highest BCUT2D eigenvalue weighted by molar-refractivity contribution is 8.19. The van der Waals surface area contributed by atoms with Crippen LogP contribution in [0.3, 0.4) is 0 Å². The average Bonchev–Trinajstić information content (AvgIpc) is 2.20. The molecule has 0 amide bonds. The highest BCUT2D eigenvalue weighted by Crippen LogP contribution is 2.48. The van der Waals surface area contributed by atoms with Crippen LogP contribution in [-0.4, -0.2) is 15.6 Å². The Labute approximate surface area is 89.2 Å². The molecule has 0 nitrogen and oxygen atoms in total. The molecule has 2 aliphatic rings. The van der Waals surface area contributed by atoms with Gasteiger partial charge in [0.05, 0.1) is 4.08 Å². The molecule has 0 radical (unpaired) electrons. The lowest BCUT2D eigenvalue weighted by Crippen LogP contribution is -2.24. The number of allylic oxidation sites excluding steroid dienone is 3. The molecule has 0 aromatic heterocycles. The Hall–Kier alpha value is 0.180. The maximum absolute atomic E-state index is 2.40. The Morgan fingerprint density at radius 2 is 2.08 bits per heavy atom. The van der Waals surface area contributed by atoms with E-state index in [0.29, 0.717) is 4.08 Å². The van der Waals surface area contributed by atoms with Crippen molar-refractivity contribution < 1.29 is 0 Å². The van der Waals surface area contributed by atoms with Crippen LogP contribution in [0, 0.1) is 0 Å². The van der Waals surface area contributed by atoms with Crippen LogP contribution in [0.15, 0.2) is 23.8 Å². The molecule has 0 spiro atoms. The second kappa shape index (κ2) is 4.14. The molecule has 1 aliphatic heterocycles. The molecule has 0 aromatic rings. The number of hydrogen-bond acceptors (Lipinski definition) is 2. The maximum Gasteiger partial charge on any atom is 0.0795 e. The van der Waals surface area contributed by atoms with E-state index in [0.717, 1.165) is 0 Å². The fraction of sp³-hybridized carbons (Fsp3) is 0.636. The highest BCUT2D eigenvalue weighted by atomic mass is 32.2. The number of thioether (sulfide) groups is 2. The van der Waals surface area contributed by atoms with Crippen LogP contribution in [0.1, 0.15) is 26.2 Å². The van der Waals surface area contributed by atoms with Gasteiger partial charge in [0.15, 0.2) is 0 Å². The second-order valence-electron chi connectivity index (χ2n) is 3.65. The Balaban J connectivity index is 2.12. The lowest BCUT2D eigenvalue weighted by Gasteiger charge is -2.35. The Morgan fingerprint density at radius 3 is 2.69 bits per heavy atom. The summed E-state index contributed by atoms with van der Waals surface area (Å²) < 4.78 is 0.392. The van der Waals surface area contributed by atoms with Crippen molar-refractivity contribution in [2.75, 3.05) is 11.5 Å². The van der Waals surface area contributed by atoms with Crippen LogP contribution < -0.4 is 0 Å². The summed E-state index contributed by atoms with van der Waals surface area (Å²) in [5.41, 5.74) is 1.64. The smallest absolute Gasteiger partial charge is 0.0795 e. The largest absolute Gasteiger partial charge is 0.140 e. The fourth-order valence-electron chi connectivity index (χ4n) is 1.80. The van der Waals surface area contributed by atoms with E-state index < -0.39 is 0 Å². The van der Waals surface area contributed by atoms with Crippen molar-refractivity contribution in [3.8, 4) is 0 Å². The molecule has 0 saturated carbocycles. The summed E-state index contributed by atoms with van der Waals surface area (Å²) in [4.78, 5) is 0. The summed E-state index contributed by atoms with van der Waals surface area (Å²) in [6.45, 7) is 2.40. The third-order valence-corrected chi connectivity index (χ3v) is 5.96. The summed E-state index contributed by atoms with van der Waals surface area (Å²) in [6, 6.07) is 0. The van der Waals surface area contributed by atoms with E-state index in [-0.39, 0.29) is 0 Å². The molecule has 1 fully saturated rings. The molecule has 72 valence electrons. The highest BCUT2D eigenvalue weighted by Gasteiger charge is 2.31. The first-order valence-corrected chi connectivity index (χ1v) is 6.92. The summed E-state index contributed by atoms with van der Waals surface area (Å²) in [6.07, 6.45) is 10.7. The van der Waals surface area contributed by atoms with Gasteiger partial charge in [-0.25, -0.2) is 0 Å². The van der Waals surface area contributed by atoms with Crippen LogP contribution in [-0.2, 0) is 0 Å². The molecule has 0 bridgehead atoms. The van der Waals surface area contributed by atoms with Crippen LogP contribution in [0.2, 0.25) is 0 Å². The van der Waals surface area contributed by atoms with Crippen molar-refractivity contribution in [2.24, 2.45) is 0 Å². The third kappa shape index (κ3) is 2.16. The monoisotopic (exact) mass is 212 g/mol. The molecule has 1 heterocycles. The molecule has 1 aliphatic carbocycles. The fourth-order valence-corrected chi connectivity index (χ4v) is 4.88. The van der Waals surface area contributed by atoms with Gasteiger partial charge in [-0.05, 0) is 43.3 Å². The molecular weight excluding hydrogens is 196 g/mol.